The average Bonchev–Trinajstić information content (AvgIpc) is 3.17. The van der Waals surface area contributed by atoms with Crippen molar-refractivity contribution < 1.29 is 9.59 Å². The molecule has 2 aromatic rings. The molecule has 1 fully saturated rings. The van der Waals surface area contributed by atoms with Gasteiger partial charge < -0.3 is 10.6 Å². The van der Waals surface area contributed by atoms with Crippen LogP contribution in [0.1, 0.15) is 36.2 Å². The molecular weight excluding hydrogens is 350 g/mol. The number of likely N-dealkylation sites (tertiary alicyclic amines) is 1. The maximum absolute atomic E-state index is 13.0. The van der Waals surface area contributed by atoms with Crippen molar-refractivity contribution in [1.29, 1.82) is 0 Å². The Hall–Kier alpha value is -2.66. The van der Waals surface area contributed by atoms with E-state index in [1.54, 1.807) is 12.1 Å². The Kier molecular flexibility index (Phi) is 6.82. The topological polar surface area (TPSA) is 61.4 Å². The monoisotopic (exact) mass is 379 g/mol. The Bertz CT molecular complexity index is 777. The highest BCUT2D eigenvalue weighted by Crippen LogP contribution is 2.13. The smallest absolute Gasteiger partial charge is 0.251 e. The molecule has 2 atom stereocenters. The molecule has 28 heavy (non-hydrogen) atoms. The second-order valence-electron chi connectivity index (χ2n) is 7.66. The van der Waals surface area contributed by atoms with Crippen molar-refractivity contribution in [3.8, 4) is 0 Å². The van der Waals surface area contributed by atoms with Gasteiger partial charge in [0.2, 0.25) is 5.91 Å². The molecule has 0 bridgehead atoms. The van der Waals surface area contributed by atoms with Crippen molar-refractivity contribution in [3.05, 3.63) is 71.8 Å². The number of hydrogen-bond donors (Lipinski definition) is 2. The van der Waals surface area contributed by atoms with Crippen LogP contribution in [0, 0.1) is 0 Å². The van der Waals surface area contributed by atoms with Gasteiger partial charge in [-0.25, -0.2) is 0 Å². The lowest BCUT2D eigenvalue weighted by Crippen LogP contribution is -2.51. The summed E-state index contributed by atoms with van der Waals surface area (Å²) in [5, 5.41) is 6.07. The number of carbonyl (C=O) groups excluding carboxylic acids is 2. The predicted octanol–water partition coefficient (Wildman–Crippen LogP) is 2.63. The first-order chi connectivity index (χ1) is 13.5. The third-order valence-corrected chi connectivity index (χ3v) is 5.24. The van der Waals surface area contributed by atoms with Crippen LogP contribution in [-0.2, 0) is 11.2 Å². The zero-order valence-corrected chi connectivity index (χ0v) is 16.6. The molecule has 1 heterocycles. The minimum Gasteiger partial charge on any atom is -0.350 e. The fourth-order valence-corrected chi connectivity index (χ4v) is 3.57. The third-order valence-electron chi connectivity index (χ3n) is 5.24. The number of hydrogen-bond acceptors (Lipinski definition) is 3. The highest BCUT2D eigenvalue weighted by Gasteiger charge is 2.29. The molecule has 0 saturated carbocycles. The molecule has 148 valence electrons. The molecule has 0 radical (unpaired) electrons. The summed E-state index contributed by atoms with van der Waals surface area (Å²) in [6.07, 6.45) is 1.40. The van der Waals surface area contributed by atoms with Gasteiger partial charge in [-0.05, 0) is 38.0 Å². The normalized spacial score (nSPS) is 18.0. The van der Waals surface area contributed by atoms with Crippen molar-refractivity contribution in [2.45, 2.75) is 44.8 Å². The van der Waals surface area contributed by atoms with Crippen LogP contribution < -0.4 is 10.6 Å². The van der Waals surface area contributed by atoms with E-state index in [0.717, 1.165) is 25.1 Å². The van der Waals surface area contributed by atoms with Gasteiger partial charge in [-0.3, -0.25) is 14.5 Å². The van der Waals surface area contributed by atoms with Gasteiger partial charge in [0, 0.05) is 37.2 Å². The molecule has 3 rings (SSSR count). The van der Waals surface area contributed by atoms with Gasteiger partial charge in [0.1, 0.15) is 6.04 Å². The van der Waals surface area contributed by atoms with Gasteiger partial charge in [0.25, 0.3) is 5.91 Å². The molecule has 5 heteroatoms. The number of nitrogens with zero attached hydrogens (tertiary/aromatic N) is 1. The summed E-state index contributed by atoms with van der Waals surface area (Å²) in [5.41, 5.74) is 1.58. The van der Waals surface area contributed by atoms with Gasteiger partial charge in [0.05, 0.1) is 0 Å². The van der Waals surface area contributed by atoms with Crippen LogP contribution in [0.2, 0.25) is 0 Å². The SMILES string of the molecule is CC(C)N1CCC(NC(=O)C(Cc2ccccc2)NC(=O)c2ccccc2)C1. The highest BCUT2D eigenvalue weighted by molar-refractivity contribution is 5.97. The van der Waals surface area contributed by atoms with E-state index in [2.05, 4.69) is 29.4 Å². The largest absolute Gasteiger partial charge is 0.350 e. The highest BCUT2D eigenvalue weighted by atomic mass is 16.2. The first-order valence-corrected chi connectivity index (χ1v) is 9.97. The second kappa shape index (κ2) is 9.51. The summed E-state index contributed by atoms with van der Waals surface area (Å²) in [6.45, 7) is 6.18. The molecule has 0 spiro atoms. The lowest BCUT2D eigenvalue weighted by Gasteiger charge is -2.23. The fourth-order valence-electron chi connectivity index (χ4n) is 3.57. The Balaban J connectivity index is 1.68. The zero-order chi connectivity index (χ0) is 19.9. The number of rotatable bonds is 7. The van der Waals surface area contributed by atoms with Crippen LogP contribution >= 0.6 is 0 Å². The standard InChI is InChI=1S/C23H29N3O2/c1-17(2)26-14-13-20(16-26)24-23(28)21(15-18-9-5-3-6-10-18)25-22(27)19-11-7-4-8-12-19/h3-12,17,20-21H,13-16H2,1-2H3,(H,24,28)(H,25,27). The summed E-state index contributed by atoms with van der Waals surface area (Å²) < 4.78 is 0. The van der Waals surface area contributed by atoms with Crippen molar-refractivity contribution in [2.75, 3.05) is 13.1 Å². The number of nitrogens with one attached hydrogen (secondary N) is 2. The minimum atomic E-state index is -0.608. The van der Waals surface area contributed by atoms with Gasteiger partial charge in [0.15, 0.2) is 0 Å². The predicted molar refractivity (Wildman–Crippen MR) is 111 cm³/mol. The first-order valence-electron chi connectivity index (χ1n) is 9.97. The lowest BCUT2D eigenvalue weighted by atomic mass is 10.0. The van der Waals surface area contributed by atoms with Gasteiger partial charge >= 0.3 is 0 Å². The second-order valence-corrected chi connectivity index (χ2v) is 7.66. The van der Waals surface area contributed by atoms with Crippen LogP contribution in [0.5, 0.6) is 0 Å². The average molecular weight is 380 g/mol. The van der Waals surface area contributed by atoms with E-state index in [-0.39, 0.29) is 17.9 Å². The van der Waals surface area contributed by atoms with Gasteiger partial charge in [-0.1, -0.05) is 48.5 Å². The Morgan fingerprint density at radius 3 is 2.29 bits per heavy atom. The Labute approximate surface area is 167 Å². The summed E-state index contributed by atoms with van der Waals surface area (Å²) in [5.74, 6) is -0.351. The van der Waals surface area contributed by atoms with E-state index in [1.807, 2.05) is 48.5 Å². The van der Waals surface area contributed by atoms with E-state index in [0.29, 0.717) is 18.0 Å². The molecule has 2 amide bonds. The first kappa shape index (κ1) is 20.1. The fraction of sp³-hybridized carbons (Fsp3) is 0.391. The Morgan fingerprint density at radius 1 is 1.04 bits per heavy atom. The third kappa shape index (κ3) is 5.42. The zero-order valence-electron chi connectivity index (χ0n) is 16.6. The maximum atomic E-state index is 13.0. The molecule has 2 N–H and O–H groups in total. The van der Waals surface area contributed by atoms with Crippen molar-refractivity contribution in [3.63, 3.8) is 0 Å². The molecule has 5 nitrogen and oxygen atoms in total. The van der Waals surface area contributed by atoms with Crippen molar-refractivity contribution >= 4 is 11.8 Å². The molecule has 1 saturated heterocycles. The Morgan fingerprint density at radius 2 is 1.68 bits per heavy atom. The van der Waals surface area contributed by atoms with Crippen molar-refractivity contribution in [2.24, 2.45) is 0 Å². The van der Waals surface area contributed by atoms with E-state index < -0.39 is 6.04 Å². The number of amides is 2. The van der Waals surface area contributed by atoms with Gasteiger partial charge in [-0.15, -0.1) is 0 Å². The molecule has 0 aliphatic carbocycles. The van der Waals surface area contributed by atoms with Crippen LogP contribution in [0.4, 0.5) is 0 Å². The summed E-state index contributed by atoms with van der Waals surface area (Å²) in [6, 6.07) is 18.8. The van der Waals surface area contributed by atoms with Crippen LogP contribution in [-0.4, -0.2) is 47.9 Å². The van der Waals surface area contributed by atoms with E-state index in [9.17, 15) is 9.59 Å². The quantitative estimate of drug-likeness (QED) is 0.777. The van der Waals surface area contributed by atoms with Crippen LogP contribution in [0.3, 0.4) is 0 Å². The molecule has 0 aromatic heterocycles. The van der Waals surface area contributed by atoms with Crippen LogP contribution in [0.25, 0.3) is 0 Å². The number of carbonyl (C=O) groups is 2. The van der Waals surface area contributed by atoms with E-state index >= 15 is 0 Å². The van der Waals surface area contributed by atoms with Crippen molar-refractivity contribution in [1.82, 2.24) is 15.5 Å². The molecular formula is C23H29N3O2. The minimum absolute atomic E-state index is 0.122. The molecule has 1 aliphatic heterocycles. The maximum Gasteiger partial charge on any atom is 0.251 e. The molecule has 1 aliphatic rings. The molecule has 2 aromatic carbocycles. The summed E-state index contributed by atoms with van der Waals surface area (Å²) >= 11 is 0. The summed E-state index contributed by atoms with van der Waals surface area (Å²) in [7, 11) is 0. The molecule has 2 unspecified atom stereocenters. The van der Waals surface area contributed by atoms with E-state index in [4.69, 9.17) is 0 Å². The van der Waals surface area contributed by atoms with E-state index in [1.165, 1.54) is 0 Å². The number of benzene rings is 2. The van der Waals surface area contributed by atoms with Crippen LogP contribution in [0.15, 0.2) is 60.7 Å². The van der Waals surface area contributed by atoms with Gasteiger partial charge in [-0.2, -0.15) is 0 Å². The lowest BCUT2D eigenvalue weighted by molar-refractivity contribution is -0.123. The summed E-state index contributed by atoms with van der Waals surface area (Å²) in [4.78, 5) is 28.0.